The number of alkyl carbamates (subject to hydrolysis) is 1. The molecule has 0 saturated carbocycles. The summed E-state index contributed by atoms with van der Waals surface area (Å²) >= 11 is 0. The molecular weight excluding hydrogens is 436 g/mol. The molecule has 4 rings (SSSR count). The van der Waals surface area contributed by atoms with Gasteiger partial charge in [0.2, 0.25) is 5.91 Å². The third-order valence-electron chi connectivity index (χ3n) is 6.72. The molecule has 2 aromatic carbocycles. The number of aliphatic carboxylic acids is 1. The molecule has 1 atom stereocenters. The van der Waals surface area contributed by atoms with Gasteiger partial charge in [-0.25, -0.2) is 4.79 Å². The van der Waals surface area contributed by atoms with E-state index in [2.05, 4.69) is 22.8 Å². The maximum absolute atomic E-state index is 13.2. The van der Waals surface area contributed by atoms with Crippen molar-refractivity contribution in [2.75, 3.05) is 19.8 Å². The molecule has 2 aromatic rings. The number of carbonyl (C=O) groups is 3. The van der Waals surface area contributed by atoms with E-state index in [1.807, 2.05) is 43.3 Å². The number of fused-ring (bicyclic) bond motifs is 3. The first-order chi connectivity index (χ1) is 16.4. The summed E-state index contributed by atoms with van der Waals surface area (Å²) in [5, 5.41) is 14.7. The number of ether oxygens (including phenoxy) is 2. The standard InChI is InChI=1S/C26H30N2O6/c1-2-17(15-23(29)30)27-24(31)26(11-13-33-14-12-26)28-25(32)34-16-22-20-9-5-3-7-18(20)19-8-4-6-10-21(19)22/h3-10,17,22H,2,11-16H2,1H3,(H,27,31)(H,28,32)(H,29,30)/t17-/m0/s1. The number of nitrogens with one attached hydrogen (secondary N) is 2. The molecule has 1 aliphatic carbocycles. The van der Waals surface area contributed by atoms with Gasteiger partial charge >= 0.3 is 12.1 Å². The topological polar surface area (TPSA) is 114 Å². The number of amides is 2. The lowest BCUT2D eigenvalue weighted by Gasteiger charge is -2.37. The maximum atomic E-state index is 13.2. The van der Waals surface area contributed by atoms with Crippen molar-refractivity contribution in [3.63, 3.8) is 0 Å². The van der Waals surface area contributed by atoms with Crippen LogP contribution >= 0.6 is 0 Å². The van der Waals surface area contributed by atoms with Gasteiger partial charge in [-0.1, -0.05) is 55.5 Å². The molecule has 0 aromatic heterocycles. The highest BCUT2D eigenvalue weighted by Crippen LogP contribution is 2.44. The van der Waals surface area contributed by atoms with Crippen LogP contribution in [-0.2, 0) is 19.1 Å². The van der Waals surface area contributed by atoms with E-state index in [1.165, 1.54) is 0 Å². The number of rotatable bonds is 8. The van der Waals surface area contributed by atoms with Gasteiger partial charge < -0.3 is 25.2 Å². The van der Waals surface area contributed by atoms with Crippen molar-refractivity contribution in [1.82, 2.24) is 10.6 Å². The Morgan fingerprint density at radius 2 is 1.65 bits per heavy atom. The Kier molecular flexibility index (Phi) is 7.17. The second-order valence-electron chi connectivity index (χ2n) is 8.82. The minimum absolute atomic E-state index is 0.0855. The number of carboxylic acids is 1. The molecule has 1 saturated heterocycles. The Morgan fingerprint density at radius 3 is 2.21 bits per heavy atom. The molecule has 3 N–H and O–H groups in total. The SMILES string of the molecule is CC[C@@H](CC(=O)O)NC(=O)C1(NC(=O)OCC2c3ccccc3-c3ccccc32)CCOCC1. The number of carbonyl (C=O) groups excluding carboxylic acids is 2. The smallest absolute Gasteiger partial charge is 0.408 e. The van der Waals surface area contributed by atoms with Crippen LogP contribution in [0.25, 0.3) is 11.1 Å². The largest absolute Gasteiger partial charge is 0.481 e. The van der Waals surface area contributed by atoms with Crippen molar-refractivity contribution in [2.45, 2.75) is 50.1 Å². The average Bonchev–Trinajstić information content (AvgIpc) is 3.16. The Hall–Kier alpha value is -3.39. The highest BCUT2D eigenvalue weighted by Gasteiger charge is 2.43. The lowest BCUT2D eigenvalue weighted by atomic mass is 9.88. The zero-order valence-corrected chi connectivity index (χ0v) is 19.2. The first kappa shape index (κ1) is 23.8. The minimum Gasteiger partial charge on any atom is -0.481 e. The molecule has 8 nitrogen and oxygen atoms in total. The predicted octanol–water partition coefficient (Wildman–Crippen LogP) is 3.44. The molecule has 34 heavy (non-hydrogen) atoms. The molecule has 2 amide bonds. The quantitative estimate of drug-likeness (QED) is 0.549. The van der Waals surface area contributed by atoms with Gasteiger partial charge in [-0.3, -0.25) is 9.59 Å². The van der Waals surface area contributed by atoms with Gasteiger partial charge in [0.25, 0.3) is 0 Å². The van der Waals surface area contributed by atoms with Gasteiger partial charge in [0.15, 0.2) is 0 Å². The molecule has 0 bridgehead atoms. The summed E-state index contributed by atoms with van der Waals surface area (Å²) in [5.74, 6) is -1.48. The van der Waals surface area contributed by atoms with Crippen LogP contribution in [0.15, 0.2) is 48.5 Å². The van der Waals surface area contributed by atoms with Gasteiger partial charge in [0.05, 0.1) is 6.42 Å². The van der Waals surface area contributed by atoms with Crippen LogP contribution in [0.5, 0.6) is 0 Å². The molecular formula is C26H30N2O6. The van der Waals surface area contributed by atoms with Crippen LogP contribution in [0.2, 0.25) is 0 Å². The second-order valence-corrected chi connectivity index (χ2v) is 8.82. The molecule has 0 spiro atoms. The van der Waals surface area contributed by atoms with E-state index in [4.69, 9.17) is 14.6 Å². The summed E-state index contributed by atoms with van der Waals surface area (Å²) in [6.45, 7) is 2.58. The molecule has 1 aliphatic heterocycles. The van der Waals surface area contributed by atoms with Gasteiger partial charge in [-0.15, -0.1) is 0 Å². The summed E-state index contributed by atoms with van der Waals surface area (Å²) in [6, 6.07) is 15.6. The zero-order chi connectivity index (χ0) is 24.1. The van der Waals surface area contributed by atoms with Crippen molar-refractivity contribution < 1.29 is 29.0 Å². The first-order valence-corrected chi connectivity index (χ1v) is 11.7. The molecule has 180 valence electrons. The van der Waals surface area contributed by atoms with E-state index in [9.17, 15) is 14.4 Å². The van der Waals surface area contributed by atoms with Crippen LogP contribution in [-0.4, -0.2) is 54.5 Å². The number of benzene rings is 2. The van der Waals surface area contributed by atoms with Crippen molar-refractivity contribution in [1.29, 1.82) is 0 Å². The first-order valence-electron chi connectivity index (χ1n) is 11.7. The summed E-state index contributed by atoms with van der Waals surface area (Å²) < 4.78 is 11.1. The molecule has 8 heteroatoms. The summed E-state index contributed by atoms with van der Waals surface area (Å²) in [7, 11) is 0. The lowest BCUT2D eigenvalue weighted by molar-refractivity contribution is -0.138. The maximum Gasteiger partial charge on any atom is 0.408 e. The Labute approximate surface area is 198 Å². The highest BCUT2D eigenvalue weighted by atomic mass is 16.5. The van der Waals surface area contributed by atoms with E-state index in [0.717, 1.165) is 22.3 Å². The third-order valence-corrected chi connectivity index (χ3v) is 6.72. The third kappa shape index (κ3) is 4.92. The average molecular weight is 467 g/mol. The summed E-state index contributed by atoms with van der Waals surface area (Å²) in [4.78, 5) is 37.2. The van der Waals surface area contributed by atoms with E-state index in [1.54, 1.807) is 0 Å². The van der Waals surface area contributed by atoms with Crippen molar-refractivity contribution in [3.8, 4) is 11.1 Å². The zero-order valence-electron chi connectivity index (χ0n) is 19.2. The molecule has 0 unspecified atom stereocenters. The van der Waals surface area contributed by atoms with Gasteiger partial charge in [-0.05, 0) is 28.7 Å². The molecule has 0 radical (unpaired) electrons. The van der Waals surface area contributed by atoms with Crippen molar-refractivity contribution in [3.05, 3.63) is 59.7 Å². The minimum atomic E-state index is -1.20. The normalized spacial score (nSPS) is 17.2. The van der Waals surface area contributed by atoms with Crippen LogP contribution in [0.3, 0.4) is 0 Å². The van der Waals surface area contributed by atoms with Gasteiger partial charge in [0, 0.05) is 38.0 Å². The van der Waals surface area contributed by atoms with Crippen LogP contribution in [0.1, 0.15) is 49.7 Å². The molecule has 1 fully saturated rings. The Balaban J connectivity index is 1.45. The lowest BCUT2D eigenvalue weighted by Crippen LogP contribution is -2.62. The van der Waals surface area contributed by atoms with Crippen LogP contribution < -0.4 is 10.6 Å². The van der Waals surface area contributed by atoms with E-state index in [0.29, 0.717) is 19.6 Å². The monoisotopic (exact) mass is 466 g/mol. The fourth-order valence-corrected chi connectivity index (χ4v) is 4.79. The molecule has 1 heterocycles. The van der Waals surface area contributed by atoms with E-state index >= 15 is 0 Å². The Morgan fingerprint density at radius 1 is 1.06 bits per heavy atom. The molecule has 2 aliphatic rings. The van der Waals surface area contributed by atoms with Crippen LogP contribution in [0.4, 0.5) is 4.79 Å². The number of hydrogen-bond acceptors (Lipinski definition) is 5. The number of hydrogen-bond donors (Lipinski definition) is 3. The fraction of sp³-hybridized carbons (Fsp3) is 0.423. The van der Waals surface area contributed by atoms with Gasteiger partial charge in [0.1, 0.15) is 12.1 Å². The van der Waals surface area contributed by atoms with Gasteiger partial charge in [-0.2, -0.15) is 0 Å². The predicted molar refractivity (Wildman–Crippen MR) is 125 cm³/mol. The summed E-state index contributed by atoms with van der Waals surface area (Å²) in [6.07, 6.45) is 0.180. The highest BCUT2D eigenvalue weighted by molar-refractivity contribution is 5.90. The van der Waals surface area contributed by atoms with Crippen molar-refractivity contribution >= 4 is 18.0 Å². The summed E-state index contributed by atoms with van der Waals surface area (Å²) in [5.41, 5.74) is 3.28. The van der Waals surface area contributed by atoms with E-state index in [-0.39, 0.29) is 31.8 Å². The van der Waals surface area contributed by atoms with Crippen LogP contribution in [0, 0.1) is 0 Å². The number of carboxylic acid groups (broad SMARTS) is 1. The van der Waals surface area contributed by atoms with Crippen molar-refractivity contribution in [2.24, 2.45) is 0 Å². The van der Waals surface area contributed by atoms with E-state index < -0.39 is 29.6 Å². The second kappa shape index (κ2) is 10.3. The Bertz CT molecular complexity index is 1020. The fourth-order valence-electron chi connectivity index (χ4n) is 4.79.